The molecular formula is C18H24N2O. The molecule has 21 heavy (non-hydrogen) atoms. The number of rotatable bonds is 7. The molecule has 3 heteroatoms. The Balaban J connectivity index is 2.24. The van der Waals surface area contributed by atoms with Gasteiger partial charge in [-0.2, -0.15) is 0 Å². The van der Waals surface area contributed by atoms with Crippen molar-refractivity contribution in [3.63, 3.8) is 0 Å². The first-order valence-electron chi connectivity index (χ1n) is 7.87. The fourth-order valence-electron chi connectivity index (χ4n) is 2.56. The smallest absolute Gasteiger partial charge is 0.132 e. The minimum absolute atomic E-state index is 0.278. The highest BCUT2D eigenvalue weighted by molar-refractivity contribution is 5.59. The first-order valence-corrected chi connectivity index (χ1v) is 7.87. The molecule has 0 amide bonds. The molecule has 1 heterocycles. The lowest BCUT2D eigenvalue weighted by atomic mass is 9.96. The minimum atomic E-state index is 0.278. The number of aromatic hydroxyl groups is 1. The van der Waals surface area contributed by atoms with Crippen LogP contribution in [0.1, 0.15) is 57.7 Å². The van der Waals surface area contributed by atoms with Gasteiger partial charge in [0.25, 0.3) is 0 Å². The fraction of sp³-hybridized carbons (Fsp3) is 0.444. The zero-order chi connectivity index (χ0) is 15.1. The third kappa shape index (κ3) is 4.28. The molecule has 0 spiro atoms. The number of aromatic nitrogens is 2. The maximum Gasteiger partial charge on any atom is 0.132 e. The zero-order valence-electron chi connectivity index (χ0n) is 12.9. The summed E-state index contributed by atoms with van der Waals surface area (Å²) in [6, 6.07) is 9.10. The second-order valence-electron chi connectivity index (χ2n) is 5.47. The van der Waals surface area contributed by atoms with Crippen molar-refractivity contribution in [1.29, 1.82) is 0 Å². The van der Waals surface area contributed by atoms with Gasteiger partial charge in [-0.15, -0.1) is 0 Å². The van der Waals surface area contributed by atoms with Crippen molar-refractivity contribution >= 4 is 0 Å². The molecule has 0 aliphatic carbocycles. The van der Waals surface area contributed by atoms with Crippen LogP contribution in [0, 0.1) is 0 Å². The summed E-state index contributed by atoms with van der Waals surface area (Å²) < 4.78 is 0. The molecule has 1 N–H and O–H groups in total. The predicted octanol–water partition coefficient (Wildman–Crippen LogP) is 4.92. The number of unbranched alkanes of at least 4 members (excludes halogenated alkanes) is 1. The summed E-state index contributed by atoms with van der Waals surface area (Å²) >= 11 is 0. The molecule has 2 aromatic rings. The molecule has 0 bridgehead atoms. The Hall–Kier alpha value is -1.90. The van der Waals surface area contributed by atoms with Crippen molar-refractivity contribution in [2.45, 2.75) is 51.9 Å². The molecule has 3 nitrogen and oxygen atoms in total. The van der Waals surface area contributed by atoms with E-state index in [2.05, 4.69) is 18.8 Å². The van der Waals surface area contributed by atoms with Crippen LogP contribution in [0.25, 0.3) is 11.3 Å². The SMILES string of the molecule is CCCCC(CCC)c1nccc(-c2ccc(O)cc2)n1. The van der Waals surface area contributed by atoms with E-state index in [0.717, 1.165) is 36.3 Å². The molecule has 1 unspecified atom stereocenters. The normalized spacial score (nSPS) is 12.3. The Morgan fingerprint density at radius 3 is 2.43 bits per heavy atom. The van der Waals surface area contributed by atoms with Crippen molar-refractivity contribution in [3.8, 4) is 17.0 Å². The first kappa shape index (κ1) is 15.5. The highest BCUT2D eigenvalue weighted by Crippen LogP contribution is 2.26. The van der Waals surface area contributed by atoms with Crippen LogP contribution in [0.15, 0.2) is 36.5 Å². The fourth-order valence-corrected chi connectivity index (χ4v) is 2.56. The van der Waals surface area contributed by atoms with Gasteiger partial charge in [0, 0.05) is 17.7 Å². The van der Waals surface area contributed by atoms with Gasteiger partial charge in [0.15, 0.2) is 0 Å². The molecule has 1 aromatic heterocycles. The van der Waals surface area contributed by atoms with Crippen molar-refractivity contribution in [3.05, 3.63) is 42.4 Å². The van der Waals surface area contributed by atoms with Gasteiger partial charge in [0.2, 0.25) is 0 Å². The molecule has 0 radical (unpaired) electrons. The van der Waals surface area contributed by atoms with Gasteiger partial charge in [0.1, 0.15) is 11.6 Å². The average molecular weight is 284 g/mol. The lowest BCUT2D eigenvalue weighted by molar-refractivity contribution is 0.475. The van der Waals surface area contributed by atoms with E-state index in [1.807, 2.05) is 24.4 Å². The van der Waals surface area contributed by atoms with Crippen LogP contribution in [0.5, 0.6) is 5.75 Å². The number of benzene rings is 1. The van der Waals surface area contributed by atoms with Gasteiger partial charge in [-0.05, 0) is 43.2 Å². The highest BCUT2D eigenvalue weighted by atomic mass is 16.3. The first-order chi connectivity index (χ1) is 10.2. The Morgan fingerprint density at radius 1 is 1.00 bits per heavy atom. The summed E-state index contributed by atoms with van der Waals surface area (Å²) in [6.07, 6.45) is 7.72. The molecule has 1 aromatic carbocycles. The third-order valence-electron chi connectivity index (χ3n) is 3.75. The Bertz CT molecular complexity index is 551. The summed E-state index contributed by atoms with van der Waals surface area (Å²) in [7, 11) is 0. The molecule has 0 saturated heterocycles. The van der Waals surface area contributed by atoms with Crippen LogP contribution >= 0.6 is 0 Å². The quantitative estimate of drug-likeness (QED) is 0.784. The van der Waals surface area contributed by atoms with Gasteiger partial charge in [-0.3, -0.25) is 0 Å². The van der Waals surface area contributed by atoms with Crippen LogP contribution in [-0.4, -0.2) is 15.1 Å². The third-order valence-corrected chi connectivity index (χ3v) is 3.75. The van der Waals surface area contributed by atoms with Gasteiger partial charge >= 0.3 is 0 Å². The summed E-state index contributed by atoms with van der Waals surface area (Å²) in [5.41, 5.74) is 1.94. The topological polar surface area (TPSA) is 46.0 Å². The van der Waals surface area contributed by atoms with Crippen LogP contribution in [0.4, 0.5) is 0 Å². The maximum absolute atomic E-state index is 9.38. The predicted molar refractivity (Wildman–Crippen MR) is 86.3 cm³/mol. The van der Waals surface area contributed by atoms with E-state index in [9.17, 15) is 5.11 Å². The second-order valence-corrected chi connectivity index (χ2v) is 5.47. The Labute approximate surface area is 127 Å². The lowest BCUT2D eigenvalue weighted by Gasteiger charge is -2.15. The van der Waals surface area contributed by atoms with Gasteiger partial charge in [-0.25, -0.2) is 9.97 Å². The van der Waals surface area contributed by atoms with Crippen molar-refractivity contribution in [2.24, 2.45) is 0 Å². The Kier molecular flexibility index (Phi) is 5.73. The number of hydrogen-bond donors (Lipinski definition) is 1. The van der Waals surface area contributed by atoms with E-state index in [1.54, 1.807) is 12.1 Å². The number of hydrogen-bond acceptors (Lipinski definition) is 3. The highest BCUT2D eigenvalue weighted by Gasteiger charge is 2.14. The molecule has 0 aliphatic heterocycles. The molecule has 2 rings (SSSR count). The average Bonchev–Trinajstić information content (AvgIpc) is 2.52. The van der Waals surface area contributed by atoms with Crippen LogP contribution < -0.4 is 0 Å². The van der Waals surface area contributed by atoms with E-state index < -0.39 is 0 Å². The molecule has 1 atom stereocenters. The minimum Gasteiger partial charge on any atom is -0.508 e. The van der Waals surface area contributed by atoms with Crippen LogP contribution in [-0.2, 0) is 0 Å². The van der Waals surface area contributed by atoms with Crippen molar-refractivity contribution in [2.75, 3.05) is 0 Å². The summed E-state index contributed by atoms with van der Waals surface area (Å²) in [5, 5.41) is 9.38. The van der Waals surface area contributed by atoms with E-state index in [1.165, 1.54) is 12.8 Å². The van der Waals surface area contributed by atoms with Gasteiger partial charge < -0.3 is 5.11 Å². The van der Waals surface area contributed by atoms with E-state index in [-0.39, 0.29) is 5.75 Å². The Morgan fingerprint density at radius 2 is 1.76 bits per heavy atom. The number of phenols is 1. The van der Waals surface area contributed by atoms with Gasteiger partial charge in [0.05, 0.1) is 5.69 Å². The van der Waals surface area contributed by atoms with Gasteiger partial charge in [-0.1, -0.05) is 33.1 Å². The van der Waals surface area contributed by atoms with E-state index in [4.69, 9.17) is 4.98 Å². The number of phenolic OH excluding ortho intramolecular Hbond substituents is 1. The molecular weight excluding hydrogens is 260 g/mol. The number of nitrogens with zero attached hydrogens (tertiary/aromatic N) is 2. The zero-order valence-corrected chi connectivity index (χ0v) is 12.9. The molecule has 0 aliphatic rings. The molecule has 112 valence electrons. The lowest BCUT2D eigenvalue weighted by Crippen LogP contribution is -2.05. The monoisotopic (exact) mass is 284 g/mol. The summed E-state index contributed by atoms with van der Waals surface area (Å²) in [5.74, 6) is 1.68. The summed E-state index contributed by atoms with van der Waals surface area (Å²) in [4.78, 5) is 9.25. The van der Waals surface area contributed by atoms with Crippen molar-refractivity contribution in [1.82, 2.24) is 9.97 Å². The molecule has 0 fully saturated rings. The van der Waals surface area contributed by atoms with Crippen LogP contribution in [0.2, 0.25) is 0 Å². The van der Waals surface area contributed by atoms with E-state index in [0.29, 0.717) is 5.92 Å². The maximum atomic E-state index is 9.38. The second kappa shape index (κ2) is 7.77. The van der Waals surface area contributed by atoms with E-state index >= 15 is 0 Å². The largest absolute Gasteiger partial charge is 0.508 e. The summed E-state index contributed by atoms with van der Waals surface area (Å²) in [6.45, 7) is 4.43. The van der Waals surface area contributed by atoms with Crippen molar-refractivity contribution < 1.29 is 5.11 Å². The van der Waals surface area contributed by atoms with Crippen LogP contribution in [0.3, 0.4) is 0 Å². The standard InChI is InChI=1S/C18H24N2O/c1-3-5-7-15(6-4-2)18-19-13-12-17(20-18)14-8-10-16(21)11-9-14/h8-13,15,21H,3-7H2,1-2H3. The molecule has 0 saturated carbocycles.